The van der Waals surface area contributed by atoms with Crippen molar-refractivity contribution < 1.29 is 4.74 Å². The maximum Gasteiger partial charge on any atom is 0.0480 e. The second-order valence-electron chi connectivity index (χ2n) is 5.88. The maximum absolute atomic E-state index is 5.46. The fourth-order valence-corrected chi connectivity index (χ4v) is 4.65. The number of ether oxygens (including phenoxy) is 1. The van der Waals surface area contributed by atoms with Gasteiger partial charge in [0.2, 0.25) is 0 Å². The third-order valence-electron chi connectivity index (χ3n) is 4.64. The molecule has 0 amide bonds. The van der Waals surface area contributed by atoms with E-state index in [0.29, 0.717) is 0 Å². The number of nitrogens with one attached hydrogen (secondary N) is 1. The Morgan fingerprint density at radius 1 is 0.944 bits per heavy atom. The Kier molecular flexibility index (Phi) is 4.85. The molecule has 0 radical (unpaired) electrons. The van der Waals surface area contributed by atoms with Crippen molar-refractivity contribution in [2.75, 3.05) is 37.8 Å². The van der Waals surface area contributed by atoms with Crippen LogP contribution >= 0.6 is 11.8 Å². The van der Waals surface area contributed by atoms with Gasteiger partial charge in [-0.25, -0.2) is 0 Å². The summed E-state index contributed by atoms with van der Waals surface area (Å²) >= 11 is 2.11. The van der Waals surface area contributed by atoms with Gasteiger partial charge >= 0.3 is 0 Å². The highest BCUT2D eigenvalue weighted by Gasteiger charge is 2.27. The smallest absolute Gasteiger partial charge is 0.0480 e. The summed E-state index contributed by atoms with van der Waals surface area (Å²) < 4.78 is 5.46. The lowest BCUT2D eigenvalue weighted by Crippen LogP contribution is -2.50. The maximum atomic E-state index is 5.46. The normalized spacial score (nSPS) is 33.0. The lowest BCUT2D eigenvalue weighted by molar-refractivity contribution is 0.0234. The van der Waals surface area contributed by atoms with Crippen molar-refractivity contribution in [3.63, 3.8) is 0 Å². The molecular weight excluding hydrogens is 244 g/mol. The van der Waals surface area contributed by atoms with Gasteiger partial charge in [-0.15, -0.1) is 0 Å². The van der Waals surface area contributed by atoms with Crippen molar-refractivity contribution in [2.24, 2.45) is 0 Å². The van der Waals surface area contributed by atoms with E-state index in [4.69, 9.17) is 4.74 Å². The van der Waals surface area contributed by atoms with E-state index in [-0.39, 0.29) is 0 Å². The molecule has 104 valence electrons. The van der Waals surface area contributed by atoms with Crippen LogP contribution in [0.5, 0.6) is 0 Å². The molecule has 3 nitrogen and oxygen atoms in total. The lowest BCUT2D eigenvalue weighted by atomic mass is 9.99. The molecule has 0 aromatic rings. The molecule has 3 rings (SSSR count). The van der Waals surface area contributed by atoms with Crippen LogP contribution in [0.25, 0.3) is 0 Å². The van der Waals surface area contributed by atoms with E-state index in [9.17, 15) is 0 Å². The summed E-state index contributed by atoms with van der Waals surface area (Å²) in [5, 5.41) is 3.87. The minimum atomic E-state index is 0.782. The number of hydrogen-bond donors (Lipinski definition) is 1. The summed E-state index contributed by atoms with van der Waals surface area (Å²) in [5.74, 6) is 2.69. The molecule has 1 atom stereocenters. The van der Waals surface area contributed by atoms with Crippen molar-refractivity contribution >= 4 is 11.8 Å². The van der Waals surface area contributed by atoms with E-state index >= 15 is 0 Å². The highest BCUT2D eigenvalue weighted by molar-refractivity contribution is 7.99. The van der Waals surface area contributed by atoms with Crippen LogP contribution in [0.3, 0.4) is 0 Å². The lowest BCUT2D eigenvalue weighted by Gasteiger charge is -2.40. The Labute approximate surface area is 115 Å². The molecule has 3 aliphatic heterocycles. The Hall–Kier alpha value is 0.230. The molecule has 18 heavy (non-hydrogen) atoms. The molecule has 1 unspecified atom stereocenters. The minimum absolute atomic E-state index is 0.782. The van der Waals surface area contributed by atoms with Crippen molar-refractivity contribution in [1.29, 1.82) is 0 Å². The summed E-state index contributed by atoms with van der Waals surface area (Å²) in [6.07, 6.45) is 6.57. The Balaban J connectivity index is 1.40. The van der Waals surface area contributed by atoms with Crippen molar-refractivity contribution in [2.45, 2.75) is 50.2 Å². The Morgan fingerprint density at radius 3 is 2.39 bits per heavy atom. The van der Waals surface area contributed by atoms with Crippen molar-refractivity contribution in [3.05, 3.63) is 0 Å². The van der Waals surface area contributed by atoms with Crippen LogP contribution in [0.4, 0.5) is 0 Å². The first-order valence-corrected chi connectivity index (χ1v) is 8.73. The van der Waals surface area contributed by atoms with Gasteiger partial charge in [-0.3, -0.25) is 0 Å². The topological polar surface area (TPSA) is 24.5 Å². The molecular formula is C14H26N2OS. The number of likely N-dealkylation sites (tertiary alicyclic amines) is 1. The standard InChI is InChI=1S/C14H26N2OS/c1-6-16(14-3-8-17-9-4-14)7-2-12(1)15-13-5-10-18-11-13/h12-15H,1-11H2. The van der Waals surface area contributed by atoms with Gasteiger partial charge in [-0.05, 0) is 50.9 Å². The van der Waals surface area contributed by atoms with Crippen LogP contribution in [-0.4, -0.2) is 60.8 Å². The molecule has 1 N–H and O–H groups in total. The summed E-state index contributed by atoms with van der Waals surface area (Å²) in [6, 6.07) is 2.39. The zero-order valence-corrected chi connectivity index (χ0v) is 12.1. The van der Waals surface area contributed by atoms with Gasteiger partial charge in [0.15, 0.2) is 0 Å². The number of hydrogen-bond acceptors (Lipinski definition) is 4. The van der Waals surface area contributed by atoms with Crippen LogP contribution in [0.2, 0.25) is 0 Å². The largest absolute Gasteiger partial charge is 0.381 e. The van der Waals surface area contributed by atoms with Gasteiger partial charge in [0.05, 0.1) is 0 Å². The molecule has 0 aliphatic carbocycles. The van der Waals surface area contributed by atoms with E-state index in [1.54, 1.807) is 0 Å². The monoisotopic (exact) mass is 270 g/mol. The molecule has 3 fully saturated rings. The minimum Gasteiger partial charge on any atom is -0.381 e. The zero-order valence-electron chi connectivity index (χ0n) is 11.3. The third kappa shape index (κ3) is 3.41. The van der Waals surface area contributed by atoms with E-state index in [0.717, 1.165) is 31.3 Å². The summed E-state index contributed by atoms with van der Waals surface area (Å²) in [6.45, 7) is 4.54. The van der Waals surface area contributed by atoms with Crippen molar-refractivity contribution in [1.82, 2.24) is 10.2 Å². The first-order chi connectivity index (χ1) is 8.92. The molecule has 3 saturated heterocycles. The van der Waals surface area contributed by atoms with Crippen LogP contribution in [-0.2, 0) is 4.74 Å². The zero-order chi connectivity index (χ0) is 12.2. The predicted molar refractivity (Wildman–Crippen MR) is 77.3 cm³/mol. The second-order valence-corrected chi connectivity index (χ2v) is 7.03. The van der Waals surface area contributed by atoms with Gasteiger partial charge in [-0.1, -0.05) is 0 Å². The Bertz CT molecular complexity index is 244. The number of thioether (sulfide) groups is 1. The molecule has 4 heteroatoms. The predicted octanol–water partition coefficient (Wildman–Crippen LogP) is 1.72. The van der Waals surface area contributed by atoms with Gasteiger partial charge in [-0.2, -0.15) is 11.8 Å². The van der Waals surface area contributed by atoms with Crippen molar-refractivity contribution in [3.8, 4) is 0 Å². The van der Waals surface area contributed by atoms with Gasteiger partial charge < -0.3 is 15.0 Å². The quantitative estimate of drug-likeness (QED) is 0.844. The van der Waals surface area contributed by atoms with Crippen LogP contribution in [0.15, 0.2) is 0 Å². The summed E-state index contributed by atoms with van der Waals surface area (Å²) in [4.78, 5) is 2.71. The molecule has 0 bridgehead atoms. The van der Waals surface area contributed by atoms with E-state index in [2.05, 4.69) is 22.0 Å². The van der Waals surface area contributed by atoms with E-state index in [1.807, 2.05) is 0 Å². The summed E-state index contributed by atoms with van der Waals surface area (Å²) in [5.41, 5.74) is 0. The number of rotatable bonds is 3. The second kappa shape index (κ2) is 6.60. The average Bonchev–Trinajstić information content (AvgIpc) is 2.94. The first-order valence-electron chi connectivity index (χ1n) is 7.57. The van der Waals surface area contributed by atoms with Crippen LogP contribution in [0.1, 0.15) is 32.1 Å². The number of piperidine rings is 1. The van der Waals surface area contributed by atoms with Gasteiger partial charge in [0, 0.05) is 37.1 Å². The fourth-order valence-electron chi connectivity index (χ4n) is 3.48. The molecule has 0 aromatic heterocycles. The highest BCUT2D eigenvalue weighted by Crippen LogP contribution is 2.22. The third-order valence-corrected chi connectivity index (χ3v) is 5.80. The summed E-state index contributed by atoms with van der Waals surface area (Å²) in [7, 11) is 0. The SMILES string of the molecule is C1CC(N2CCC(NC3CCSC3)CC2)CCO1. The fraction of sp³-hybridized carbons (Fsp3) is 1.00. The average molecular weight is 270 g/mol. The molecule has 3 heterocycles. The van der Waals surface area contributed by atoms with Crippen LogP contribution < -0.4 is 5.32 Å². The molecule has 0 saturated carbocycles. The van der Waals surface area contributed by atoms with E-state index in [1.165, 1.54) is 56.7 Å². The molecule has 0 spiro atoms. The first kappa shape index (κ1) is 13.2. The number of nitrogens with zero attached hydrogens (tertiary/aromatic N) is 1. The van der Waals surface area contributed by atoms with Crippen LogP contribution in [0, 0.1) is 0 Å². The molecule has 0 aromatic carbocycles. The highest BCUT2D eigenvalue weighted by atomic mass is 32.2. The van der Waals surface area contributed by atoms with Gasteiger partial charge in [0.1, 0.15) is 0 Å². The van der Waals surface area contributed by atoms with Gasteiger partial charge in [0.25, 0.3) is 0 Å². The van der Waals surface area contributed by atoms with E-state index < -0.39 is 0 Å². The molecule has 3 aliphatic rings. The Morgan fingerprint density at radius 2 is 1.72 bits per heavy atom.